The number of aryl methyl sites for hydroxylation is 1. The molecule has 17 nitrogen and oxygen atoms in total. The zero-order chi connectivity index (χ0) is 54.8. The van der Waals surface area contributed by atoms with Crippen molar-refractivity contribution >= 4 is 29.8 Å². The summed E-state index contributed by atoms with van der Waals surface area (Å²) in [7, 11) is 0. The average molecular weight is 1050 g/mol. The number of carbonyl (C=O) groups excluding carboxylic acids is 4. The molecule has 7 N–H and O–H groups in total. The molecule has 3 saturated heterocycles. The number of aliphatic hydroxyl groups is 3. The molecule has 8 atom stereocenters. The second-order valence-electron chi connectivity index (χ2n) is 20.1. The Hall–Kier alpha value is -6.51. The van der Waals surface area contributed by atoms with E-state index in [1.165, 1.54) is 17.0 Å². The summed E-state index contributed by atoms with van der Waals surface area (Å²) >= 11 is 0. The van der Waals surface area contributed by atoms with Gasteiger partial charge in [0.25, 0.3) is 11.8 Å². The molecule has 3 aliphatic rings. The van der Waals surface area contributed by atoms with Crippen molar-refractivity contribution in [2.45, 2.75) is 141 Å². The van der Waals surface area contributed by atoms with Crippen LogP contribution in [0.15, 0.2) is 97.1 Å². The third kappa shape index (κ3) is 19.0. The van der Waals surface area contributed by atoms with E-state index in [4.69, 9.17) is 24.4 Å². The predicted molar refractivity (Wildman–Crippen MR) is 276 cm³/mol. The molecule has 0 aromatic heterocycles. The van der Waals surface area contributed by atoms with E-state index in [9.17, 15) is 43.0 Å². The predicted octanol–water partition coefficient (Wildman–Crippen LogP) is 5.94. The summed E-state index contributed by atoms with van der Waals surface area (Å²) in [5, 5.41) is 47.3. The number of nitrogens with one attached hydrogen (secondary N) is 3. The summed E-state index contributed by atoms with van der Waals surface area (Å²) in [5.74, 6) is -2.82. The Kier molecular flexibility index (Phi) is 22.5. The maximum atomic E-state index is 14.1. The second kappa shape index (κ2) is 28.4. The fourth-order valence-corrected chi connectivity index (χ4v) is 8.91. The number of halogens is 2. The van der Waals surface area contributed by atoms with Crippen LogP contribution in [0.25, 0.3) is 0 Å². The first-order valence-electron chi connectivity index (χ1n) is 25.4. The lowest BCUT2D eigenvalue weighted by atomic mass is 9.94. The summed E-state index contributed by atoms with van der Waals surface area (Å²) < 4.78 is 44.7. The number of carboxylic acid groups (broad SMARTS) is 1. The van der Waals surface area contributed by atoms with Crippen LogP contribution in [0.3, 0.4) is 0 Å². The van der Waals surface area contributed by atoms with Gasteiger partial charge in [0, 0.05) is 68.7 Å². The topological polar surface area (TPSA) is 237 Å². The van der Waals surface area contributed by atoms with Crippen molar-refractivity contribution in [1.29, 1.82) is 0 Å². The Morgan fingerprint density at radius 1 is 0.800 bits per heavy atom. The number of aliphatic carboxylic acids is 1. The molecule has 3 aliphatic heterocycles. The third-order valence-corrected chi connectivity index (χ3v) is 12.4. The van der Waals surface area contributed by atoms with Gasteiger partial charge in [0.2, 0.25) is 0 Å². The van der Waals surface area contributed by atoms with Gasteiger partial charge in [-0.05, 0) is 106 Å². The number of esters is 1. The first kappa shape index (κ1) is 59.4. The first-order valence-corrected chi connectivity index (χ1v) is 25.4. The number of nitrogens with zero attached hydrogens (tertiary/aromatic N) is 2. The van der Waals surface area contributed by atoms with Gasteiger partial charge in [0.15, 0.2) is 0 Å². The van der Waals surface area contributed by atoms with E-state index in [1.807, 2.05) is 81.4 Å². The highest BCUT2D eigenvalue weighted by atomic mass is 19.1. The summed E-state index contributed by atoms with van der Waals surface area (Å²) in [6.07, 6.45) is -0.577. The molecule has 3 fully saturated rings. The van der Waals surface area contributed by atoms with Crippen LogP contribution in [0, 0.1) is 18.6 Å². The SMILES string of the molecule is CC(C)(C)OC(=O)N1C[C@@H](O)C[C@@H]1C(=O)OCc1ccccc1.CCCN(CCC)C(=O)c1cc(C)cc(C(=O)N[C@@H](Cc2cc(F)cc(F)c2)[C@H](O)[C@H]2C[C@H](Oc3ccccc3)CN2)c1.O=C(O)[C@H]1C[C@@H](O)CN1. The van der Waals surface area contributed by atoms with E-state index in [0.717, 1.165) is 30.0 Å². The van der Waals surface area contributed by atoms with Crippen molar-refractivity contribution < 1.29 is 67.4 Å². The molecule has 0 radical (unpaired) electrons. The Balaban J connectivity index is 0.000000268. The van der Waals surface area contributed by atoms with Crippen LogP contribution in [-0.4, -0.2) is 147 Å². The molecule has 3 amide bonds. The number of likely N-dealkylation sites (tertiary alicyclic amines) is 1. The lowest BCUT2D eigenvalue weighted by molar-refractivity contribution is -0.150. The highest BCUT2D eigenvalue weighted by Crippen LogP contribution is 2.25. The zero-order valence-electron chi connectivity index (χ0n) is 43.5. The maximum Gasteiger partial charge on any atom is 0.411 e. The van der Waals surface area contributed by atoms with Crippen molar-refractivity contribution in [3.05, 3.63) is 137 Å². The molecule has 3 heterocycles. The van der Waals surface area contributed by atoms with Gasteiger partial charge in [-0.1, -0.05) is 62.4 Å². The second-order valence-corrected chi connectivity index (χ2v) is 20.1. The van der Waals surface area contributed by atoms with Gasteiger partial charge in [-0.3, -0.25) is 19.3 Å². The van der Waals surface area contributed by atoms with Crippen molar-refractivity contribution in [3.63, 3.8) is 0 Å². The van der Waals surface area contributed by atoms with Crippen LogP contribution in [-0.2, 0) is 32.1 Å². The van der Waals surface area contributed by atoms with Gasteiger partial charge in [-0.2, -0.15) is 0 Å². The molecule has 7 rings (SSSR count). The Morgan fingerprint density at radius 3 is 2.00 bits per heavy atom. The van der Waals surface area contributed by atoms with E-state index in [1.54, 1.807) is 43.9 Å². The number of hydrogen-bond acceptors (Lipinski definition) is 13. The number of carboxylic acids is 1. The number of benzene rings is 4. The van der Waals surface area contributed by atoms with Crippen LogP contribution in [0.1, 0.15) is 104 Å². The van der Waals surface area contributed by atoms with Gasteiger partial charge in [0.05, 0.1) is 30.9 Å². The molecule has 4 aromatic rings. The fourth-order valence-electron chi connectivity index (χ4n) is 8.91. The molecular weight excluding hydrogens is 973 g/mol. The smallest absolute Gasteiger partial charge is 0.411 e. The molecule has 0 spiro atoms. The summed E-state index contributed by atoms with van der Waals surface area (Å²) in [5.41, 5.74) is 1.92. The number of ether oxygens (including phenoxy) is 3. The van der Waals surface area contributed by atoms with Crippen molar-refractivity contribution in [2.24, 2.45) is 0 Å². The van der Waals surface area contributed by atoms with E-state index in [-0.39, 0.29) is 43.6 Å². The molecule has 0 aliphatic carbocycles. The normalized spacial score (nSPS) is 20.8. The highest BCUT2D eigenvalue weighted by Gasteiger charge is 2.42. The quantitative estimate of drug-likeness (QED) is 0.0607. The van der Waals surface area contributed by atoms with Crippen molar-refractivity contribution in [1.82, 2.24) is 25.8 Å². The largest absolute Gasteiger partial charge is 0.489 e. The number of aliphatic hydroxyl groups excluding tert-OH is 3. The number of para-hydroxylation sites is 1. The highest BCUT2D eigenvalue weighted by molar-refractivity contribution is 6.00. The number of β-amino-alcohol motifs (C(OH)–C–C–N with tert-alkyl or cyclic N) is 2. The summed E-state index contributed by atoms with van der Waals surface area (Å²) in [4.78, 5) is 64.5. The Morgan fingerprint density at radius 2 is 1.43 bits per heavy atom. The molecule has 0 unspecified atom stereocenters. The standard InChI is InChI=1S/C34H41F2N3O4.C17H23NO5.C5H9NO3/c1-4-11-39(12-5-2)34(42)25-14-22(3)13-24(18-25)33(41)38-31(17-23-15-26(35)19-27(36)16-23)32(40)30-20-29(21-37-30)43-28-9-7-6-8-10-28;1-17(2,3)23-16(21)18-10-13(19)9-14(18)15(20)22-11-12-7-5-4-6-8-12;7-3-1-4(5(8)9)6-2-3/h6-10,13-16,18-19,29-32,37,40H,4-5,11-12,17,20-21H2,1-3H3,(H,38,41);4-8,13-14,19H,9-11H2,1-3H3;3-4,6-7H,1-2H2,(H,8,9)/t29-,30+,31-,32+;13-,14+;3-,4-/m001/s1. The first-order chi connectivity index (χ1) is 35.6. The van der Waals surface area contributed by atoms with Gasteiger partial charge < -0.3 is 55.5 Å². The van der Waals surface area contributed by atoms with Gasteiger partial charge >= 0.3 is 18.0 Å². The molecule has 19 heteroatoms. The number of carbonyl (C=O) groups is 5. The summed E-state index contributed by atoms with van der Waals surface area (Å²) in [6.45, 7) is 13.4. The minimum atomic E-state index is -1.10. The van der Waals surface area contributed by atoms with E-state index >= 15 is 0 Å². The Labute approximate surface area is 437 Å². The molecule has 0 saturated carbocycles. The summed E-state index contributed by atoms with van der Waals surface area (Å²) in [6, 6.07) is 24.1. The number of hydrogen-bond donors (Lipinski definition) is 7. The molecule has 75 heavy (non-hydrogen) atoms. The minimum Gasteiger partial charge on any atom is -0.489 e. The lowest BCUT2D eigenvalue weighted by Crippen LogP contribution is -2.52. The van der Waals surface area contributed by atoms with Crippen LogP contribution in [0.5, 0.6) is 5.75 Å². The van der Waals surface area contributed by atoms with Crippen LogP contribution in [0.4, 0.5) is 13.6 Å². The van der Waals surface area contributed by atoms with Crippen LogP contribution >= 0.6 is 0 Å². The molecule has 0 bridgehead atoms. The number of amides is 3. The van der Waals surface area contributed by atoms with Crippen LogP contribution in [0.2, 0.25) is 0 Å². The van der Waals surface area contributed by atoms with Gasteiger partial charge in [-0.25, -0.2) is 18.4 Å². The third-order valence-electron chi connectivity index (χ3n) is 12.4. The van der Waals surface area contributed by atoms with Gasteiger partial charge in [-0.15, -0.1) is 0 Å². The molecule has 4 aromatic carbocycles. The number of rotatable bonds is 17. The fraction of sp³-hybridized carbons (Fsp3) is 0.482. The minimum absolute atomic E-state index is 0.0116. The van der Waals surface area contributed by atoms with E-state index in [0.29, 0.717) is 55.9 Å². The van der Waals surface area contributed by atoms with Gasteiger partial charge in [0.1, 0.15) is 47.8 Å². The van der Waals surface area contributed by atoms with Crippen molar-refractivity contribution in [2.75, 3.05) is 32.7 Å². The lowest BCUT2D eigenvalue weighted by Gasteiger charge is -2.29. The molecular formula is C56H73F2N5O12. The van der Waals surface area contributed by atoms with E-state index in [2.05, 4.69) is 16.0 Å². The zero-order valence-corrected chi connectivity index (χ0v) is 43.5. The van der Waals surface area contributed by atoms with Crippen molar-refractivity contribution in [3.8, 4) is 5.75 Å². The van der Waals surface area contributed by atoms with E-state index < -0.39 is 83.7 Å². The van der Waals surface area contributed by atoms with Crippen LogP contribution < -0.4 is 20.7 Å². The maximum absolute atomic E-state index is 14.1. The molecule has 408 valence electrons. The monoisotopic (exact) mass is 1050 g/mol. The Bertz CT molecular complexity index is 2470. The average Bonchev–Trinajstić information content (AvgIpc) is 4.13.